The number of ketones is 1. The molecule has 170 valence electrons. The molecule has 1 unspecified atom stereocenters. The molecule has 3 aromatic rings. The maximum atomic E-state index is 13.1. The highest BCUT2D eigenvalue weighted by Crippen LogP contribution is 2.42. The average molecular weight is 463 g/mol. The van der Waals surface area contributed by atoms with Crippen LogP contribution in [0.15, 0.2) is 65.8 Å². The molecule has 7 heteroatoms. The normalized spacial score (nSPS) is 17.7. The van der Waals surface area contributed by atoms with Gasteiger partial charge in [-0.1, -0.05) is 26.0 Å². The van der Waals surface area contributed by atoms with Crippen LogP contribution in [0.2, 0.25) is 0 Å². The molecule has 1 N–H and O–H groups in total. The van der Waals surface area contributed by atoms with Gasteiger partial charge in [-0.3, -0.25) is 14.6 Å². The van der Waals surface area contributed by atoms with Gasteiger partial charge >= 0.3 is 0 Å². The van der Waals surface area contributed by atoms with Gasteiger partial charge in [0.1, 0.15) is 11.5 Å². The number of aliphatic hydroxyl groups is 1. The predicted molar refractivity (Wildman–Crippen MR) is 128 cm³/mol. The standard InChI is InChI=1S/C26H26N2O4S/c1-16(2)15-32-19-8-9-20(17(3)12-19)24(29)22-23(21-7-5-11-33-21)28(26(31)25(22)30)14-18-6-4-10-27-13-18/h4-13,16,23,29H,14-15H2,1-3H3. The molecular weight excluding hydrogens is 436 g/mol. The second-order valence-corrected chi connectivity index (χ2v) is 9.46. The highest BCUT2D eigenvalue weighted by molar-refractivity contribution is 7.10. The number of pyridine rings is 1. The fraction of sp³-hybridized carbons (Fsp3) is 0.269. The van der Waals surface area contributed by atoms with Gasteiger partial charge in [0.15, 0.2) is 0 Å². The topological polar surface area (TPSA) is 79.7 Å². The van der Waals surface area contributed by atoms with Crippen LogP contribution < -0.4 is 4.74 Å². The Labute approximate surface area is 197 Å². The number of benzene rings is 1. The summed E-state index contributed by atoms with van der Waals surface area (Å²) < 4.78 is 5.78. The van der Waals surface area contributed by atoms with Gasteiger partial charge < -0.3 is 14.7 Å². The van der Waals surface area contributed by atoms with Crippen molar-refractivity contribution < 1.29 is 19.4 Å². The number of aliphatic hydroxyl groups excluding tert-OH is 1. The minimum atomic E-state index is -0.686. The van der Waals surface area contributed by atoms with Crippen molar-refractivity contribution in [3.8, 4) is 5.75 Å². The maximum Gasteiger partial charge on any atom is 0.295 e. The van der Waals surface area contributed by atoms with E-state index in [0.29, 0.717) is 23.8 Å². The number of amides is 1. The molecule has 1 aliphatic rings. The molecule has 1 fully saturated rings. The SMILES string of the molecule is Cc1cc(OCC(C)C)ccc1C(O)=C1C(=O)C(=O)N(Cc2cccnc2)C1c1cccs1. The largest absolute Gasteiger partial charge is 0.507 e. The number of aromatic nitrogens is 1. The van der Waals surface area contributed by atoms with Crippen molar-refractivity contribution in [1.82, 2.24) is 9.88 Å². The summed E-state index contributed by atoms with van der Waals surface area (Å²) in [5.74, 6) is -0.402. The highest BCUT2D eigenvalue weighted by atomic mass is 32.1. The van der Waals surface area contributed by atoms with E-state index in [-0.39, 0.29) is 17.9 Å². The molecule has 4 rings (SSSR count). The fourth-order valence-corrected chi connectivity index (χ4v) is 4.72. The molecule has 1 aliphatic heterocycles. The number of carbonyl (C=O) groups is 2. The summed E-state index contributed by atoms with van der Waals surface area (Å²) >= 11 is 1.44. The number of Topliss-reactive ketones (excluding diaryl/α,β-unsaturated/α-hetero) is 1. The number of aryl methyl sites for hydroxylation is 1. The monoisotopic (exact) mass is 462 g/mol. The minimum Gasteiger partial charge on any atom is -0.507 e. The zero-order chi connectivity index (χ0) is 23.5. The molecule has 0 radical (unpaired) electrons. The molecule has 0 saturated carbocycles. The van der Waals surface area contributed by atoms with Crippen molar-refractivity contribution >= 4 is 28.8 Å². The Kier molecular flexibility index (Phi) is 6.60. The van der Waals surface area contributed by atoms with E-state index in [1.54, 1.807) is 30.6 Å². The summed E-state index contributed by atoms with van der Waals surface area (Å²) in [6.07, 6.45) is 3.33. The fourth-order valence-electron chi connectivity index (χ4n) is 3.87. The van der Waals surface area contributed by atoms with Crippen LogP contribution in [0.25, 0.3) is 5.76 Å². The summed E-state index contributed by atoms with van der Waals surface area (Å²) in [5, 5.41) is 13.2. The summed E-state index contributed by atoms with van der Waals surface area (Å²) in [6.45, 7) is 6.80. The first-order valence-electron chi connectivity index (χ1n) is 10.8. The van der Waals surface area contributed by atoms with E-state index in [1.807, 2.05) is 36.6 Å². The van der Waals surface area contributed by atoms with E-state index < -0.39 is 17.7 Å². The highest BCUT2D eigenvalue weighted by Gasteiger charge is 2.46. The lowest BCUT2D eigenvalue weighted by Gasteiger charge is -2.24. The molecule has 1 atom stereocenters. The third-order valence-corrected chi connectivity index (χ3v) is 6.39. The smallest absolute Gasteiger partial charge is 0.295 e. The lowest BCUT2D eigenvalue weighted by atomic mass is 9.97. The minimum absolute atomic E-state index is 0.102. The number of ether oxygens (including phenoxy) is 1. The average Bonchev–Trinajstić information content (AvgIpc) is 3.41. The maximum absolute atomic E-state index is 13.1. The first-order chi connectivity index (χ1) is 15.9. The van der Waals surface area contributed by atoms with Gasteiger partial charge in [-0.15, -0.1) is 11.3 Å². The van der Waals surface area contributed by atoms with Crippen molar-refractivity contribution in [3.05, 3.63) is 87.4 Å². The molecule has 33 heavy (non-hydrogen) atoms. The number of likely N-dealkylation sites (tertiary alicyclic amines) is 1. The number of thiophene rings is 1. The zero-order valence-corrected chi connectivity index (χ0v) is 19.6. The van der Waals surface area contributed by atoms with Crippen molar-refractivity contribution in [2.45, 2.75) is 33.4 Å². The molecule has 6 nitrogen and oxygen atoms in total. The quantitative estimate of drug-likeness (QED) is 0.300. The van der Waals surface area contributed by atoms with Gasteiger partial charge in [0, 0.05) is 29.4 Å². The van der Waals surface area contributed by atoms with Crippen LogP contribution in [0.5, 0.6) is 5.75 Å². The van der Waals surface area contributed by atoms with Crippen molar-refractivity contribution in [3.63, 3.8) is 0 Å². The van der Waals surface area contributed by atoms with Gasteiger partial charge in [0.2, 0.25) is 0 Å². The van der Waals surface area contributed by atoms with Gasteiger partial charge in [0.05, 0.1) is 18.2 Å². The van der Waals surface area contributed by atoms with E-state index >= 15 is 0 Å². The summed E-state index contributed by atoms with van der Waals surface area (Å²) in [6, 6.07) is 12.1. The Hall–Kier alpha value is -3.45. The Morgan fingerprint density at radius 2 is 2.03 bits per heavy atom. The number of nitrogens with zero attached hydrogens (tertiary/aromatic N) is 2. The van der Waals surface area contributed by atoms with Gasteiger partial charge in [-0.05, 0) is 59.7 Å². The molecule has 1 amide bonds. The van der Waals surface area contributed by atoms with Crippen LogP contribution in [0, 0.1) is 12.8 Å². The van der Waals surface area contributed by atoms with E-state index in [4.69, 9.17) is 4.74 Å². The Morgan fingerprint density at radius 1 is 1.21 bits per heavy atom. The Bertz CT molecular complexity index is 1190. The Balaban J connectivity index is 1.76. The molecule has 2 aromatic heterocycles. The van der Waals surface area contributed by atoms with Gasteiger partial charge in [-0.25, -0.2) is 0 Å². The molecule has 1 saturated heterocycles. The van der Waals surface area contributed by atoms with Crippen LogP contribution in [-0.4, -0.2) is 33.3 Å². The van der Waals surface area contributed by atoms with Gasteiger partial charge in [0.25, 0.3) is 11.7 Å². The molecule has 0 bridgehead atoms. The lowest BCUT2D eigenvalue weighted by Crippen LogP contribution is -2.28. The van der Waals surface area contributed by atoms with E-state index in [1.165, 1.54) is 16.2 Å². The van der Waals surface area contributed by atoms with Crippen molar-refractivity contribution in [1.29, 1.82) is 0 Å². The van der Waals surface area contributed by atoms with Gasteiger partial charge in [-0.2, -0.15) is 0 Å². The lowest BCUT2D eigenvalue weighted by molar-refractivity contribution is -0.140. The van der Waals surface area contributed by atoms with Crippen LogP contribution >= 0.6 is 11.3 Å². The van der Waals surface area contributed by atoms with Crippen molar-refractivity contribution in [2.24, 2.45) is 5.92 Å². The third kappa shape index (κ3) is 4.68. The number of rotatable bonds is 7. The van der Waals surface area contributed by atoms with Crippen molar-refractivity contribution in [2.75, 3.05) is 6.61 Å². The number of hydrogen-bond donors (Lipinski definition) is 1. The second kappa shape index (κ2) is 9.58. The van der Waals surface area contributed by atoms with E-state index in [9.17, 15) is 14.7 Å². The molecule has 0 aliphatic carbocycles. The number of carbonyl (C=O) groups excluding carboxylic acids is 2. The molecule has 1 aromatic carbocycles. The summed E-state index contributed by atoms with van der Waals surface area (Å²) in [5.41, 5.74) is 2.18. The predicted octanol–water partition coefficient (Wildman–Crippen LogP) is 5.11. The van der Waals surface area contributed by atoms with E-state index in [0.717, 1.165) is 16.0 Å². The van der Waals surface area contributed by atoms with Crippen LogP contribution in [0.4, 0.5) is 0 Å². The van der Waals surface area contributed by atoms with Crippen LogP contribution in [0.3, 0.4) is 0 Å². The summed E-state index contributed by atoms with van der Waals surface area (Å²) in [4.78, 5) is 32.6. The molecular formula is C26H26N2O4S. The first kappa shape index (κ1) is 22.7. The van der Waals surface area contributed by atoms with Crippen LogP contribution in [0.1, 0.15) is 41.5 Å². The second-order valence-electron chi connectivity index (χ2n) is 8.49. The number of hydrogen-bond acceptors (Lipinski definition) is 6. The third-order valence-electron chi connectivity index (χ3n) is 5.46. The summed E-state index contributed by atoms with van der Waals surface area (Å²) in [7, 11) is 0. The first-order valence-corrected chi connectivity index (χ1v) is 11.7. The van der Waals surface area contributed by atoms with E-state index in [2.05, 4.69) is 18.8 Å². The Morgan fingerprint density at radius 3 is 2.67 bits per heavy atom. The zero-order valence-electron chi connectivity index (χ0n) is 18.8. The molecule has 3 heterocycles. The molecule has 0 spiro atoms. The van der Waals surface area contributed by atoms with Crippen LogP contribution in [-0.2, 0) is 16.1 Å².